The molecule has 3 aliphatic rings. The van der Waals surface area contributed by atoms with Crippen molar-refractivity contribution in [3.05, 3.63) is 56.9 Å². The second-order valence-corrected chi connectivity index (χ2v) is 12.9. The van der Waals surface area contributed by atoms with E-state index in [4.69, 9.17) is 19.2 Å². The topological polar surface area (TPSA) is 120 Å². The van der Waals surface area contributed by atoms with Crippen molar-refractivity contribution in [2.75, 3.05) is 26.2 Å². The molecule has 0 aliphatic carbocycles. The van der Waals surface area contributed by atoms with Crippen LogP contribution in [-0.4, -0.2) is 57.9 Å². The standard InChI is InChI=1S/C36H45N3O7/c1-4-7-8-9-10-15-38-16-13-23(14-17-38)21-45-35(42)46-24-11-12-30-26(18-24)25(5-2)27-20-39-31(32(27)37-30)19-29-28(33(39)40)22-44-34(41)36(29,43)6-3/h11-12,18-19,23,43H,4-10,13-17,20-22H2,1-3H3/t36-/m0/s1. The van der Waals surface area contributed by atoms with Crippen LogP contribution >= 0.6 is 0 Å². The van der Waals surface area contributed by atoms with Gasteiger partial charge >= 0.3 is 12.1 Å². The molecule has 46 heavy (non-hydrogen) atoms. The van der Waals surface area contributed by atoms with Crippen molar-refractivity contribution in [3.63, 3.8) is 0 Å². The van der Waals surface area contributed by atoms with Crippen LogP contribution < -0.4 is 10.3 Å². The first kappa shape index (κ1) is 32.2. The van der Waals surface area contributed by atoms with Gasteiger partial charge in [-0.15, -0.1) is 0 Å². The molecular weight excluding hydrogens is 586 g/mol. The molecule has 6 rings (SSSR count). The lowest BCUT2D eigenvalue weighted by Gasteiger charge is -2.31. The Balaban J connectivity index is 1.14. The molecule has 5 heterocycles. The Bertz CT molecular complexity index is 1690. The van der Waals surface area contributed by atoms with Gasteiger partial charge < -0.3 is 28.8 Å². The normalized spacial score (nSPS) is 19.4. The molecule has 246 valence electrons. The second-order valence-electron chi connectivity index (χ2n) is 12.9. The highest BCUT2D eigenvalue weighted by Crippen LogP contribution is 2.40. The van der Waals surface area contributed by atoms with Gasteiger partial charge in [0.05, 0.1) is 35.6 Å². The fourth-order valence-corrected chi connectivity index (χ4v) is 7.24. The van der Waals surface area contributed by atoms with Crippen LogP contribution in [0.3, 0.4) is 0 Å². The molecule has 0 spiro atoms. The van der Waals surface area contributed by atoms with Crippen LogP contribution in [0.25, 0.3) is 22.3 Å². The average molecular weight is 632 g/mol. The van der Waals surface area contributed by atoms with E-state index in [1.54, 1.807) is 35.8 Å². The number of piperidine rings is 1. The van der Waals surface area contributed by atoms with Gasteiger partial charge in [0.15, 0.2) is 5.60 Å². The molecule has 0 bridgehead atoms. The molecule has 2 aromatic heterocycles. The van der Waals surface area contributed by atoms with Gasteiger partial charge in [-0.1, -0.05) is 46.5 Å². The Morgan fingerprint density at radius 3 is 2.59 bits per heavy atom. The van der Waals surface area contributed by atoms with E-state index < -0.39 is 17.7 Å². The smallest absolute Gasteiger partial charge is 0.458 e. The third kappa shape index (κ3) is 6.05. The predicted molar refractivity (Wildman–Crippen MR) is 174 cm³/mol. The van der Waals surface area contributed by atoms with Crippen molar-refractivity contribution >= 4 is 23.0 Å². The summed E-state index contributed by atoms with van der Waals surface area (Å²) in [4.78, 5) is 46.2. The number of nitrogens with zero attached hydrogens (tertiary/aromatic N) is 3. The lowest BCUT2D eigenvalue weighted by atomic mass is 9.86. The molecule has 0 amide bonds. The zero-order chi connectivity index (χ0) is 32.4. The number of cyclic esters (lactones) is 1. The summed E-state index contributed by atoms with van der Waals surface area (Å²) in [6.45, 7) is 9.70. The van der Waals surface area contributed by atoms with Crippen LogP contribution in [-0.2, 0) is 39.4 Å². The molecule has 1 fully saturated rings. The van der Waals surface area contributed by atoms with Gasteiger partial charge in [-0.3, -0.25) is 4.79 Å². The lowest BCUT2D eigenvalue weighted by molar-refractivity contribution is -0.172. The number of ether oxygens (including phenoxy) is 3. The minimum absolute atomic E-state index is 0.0870. The number of fused-ring (bicyclic) bond motifs is 5. The summed E-state index contributed by atoms with van der Waals surface area (Å²) in [6.07, 6.45) is 8.53. The summed E-state index contributed by atoms with van der Waals surface area (Å²) in [7, 11) is 0. The van der Waals surface area contributed by atoms with Crippen LogP contribution in [0.4, 0.5) is 4.79 Å². The minimum atomic E-state index is -1.87. The molecule has 3 aromatic rings. The third-order valence-electron chi connectivity index (χ3n) is 10.1. The molecule has 0 saturated carbocycles. The number of carbonyl (C=O) groups excluding carboxylic acids is 2. The number of hydrogen-bond acceptors (Lipinski definition) is 9. The number of benzene rings is 1. The molecule has 3 aliphatic heterocycles. The van der Waals surface area contributed by atoms with Gasteiger partial charge in [-0.2, -0.15) is 0 Å². The highest BCUT2D eigenvalue weighted by atomic mass is 16.7. The summed E-state index contributed by atoms with van der Waals surface area (Å²) < 4.78 is 18.0. The monoisotopic (exact) mass is 631 g/mol. The molecule has 1 N–H and O–H groups in total. The zero-order valence-electron chi connectivity index (χ0n) is 27.2. The number of carbonyl (C=O) groups is 2. The van der Waals surface area contributed by atoms with Crippen molar-refractivity contribution < 1.29 is 28.9 Å². The van der Waals surface area contributed by atoms with Gasteiger partial charge in [0.2, 0.25) is 0 Å². The molecule has 1 atom stereocenters. The van der Waals surface area contributed by atoms with Crippen molar-refractivity contribution in [1.29, 1.82) is 0 Å². The molecule has 1 saturated heterocycles. The minimum Gasteiger partial charge on any atom is -0.458 e. The van der Waals surface area contributed by atoms with E-state index >= 15 is 0 Å². The fourth-order valence-electron chi connectivity index (χ4n) is 7.24. The van der Waals surface area contributed by atoms with Gasteiger partial charge in [-0.25, -0.2) is 14.6 Å². The Hall–Kier alpha value is -3.76. The van der Waals surface area contributed by atoms with Crippen LogP contribution in [0.2, 0.25) is 0 Å². The number of esters is 1. The van der Waals surface area contributed by atoms with E-state index in [0.29, 0.717) is 59.3 Å². The SMILES string of the molecule is CCCCCCCN1CCC(COC(=O)Oc2ccc3nc4c(c(CC)c3c2)Cn2c-4cc3c(c2=O)COC(=O)[C@]3(O)CC)CC1. The Morgan fingerprint density at radius 2 is 1.85 bits per heavy atom. The van der Waals surface area contributed by atoms with Crippen molar-refractivity contribution in [1.82, 2.24) is 14.5 Å². The summed E-state index contributed by atoms with van der Waals surface area (Å²) in [6, 6.07) is 7.02. The number of pyridine rings is 2. The first-order valence-electron chi connectivity index (χ1n) is 17.0. The molecule has 1 aromatic carbocycles. The van der Waals surface area contributed by atoms with Crippen LogP contribution in [0, 0.1) is 5.92 Å². The average Bonchev–Trinajstić information content (AvgIpc) is 3.43. The van der Waals surface area contributed by atoms with Crippen molar-refractivity contribution in [2.45, 2.75) is 97.3 Å². The number of rotatable bonds is 11. The number of likely N-dealkylation sites (tertiary alicyclic amines) is 1. The van der Waals surface area contributed by atoms with Crippen LogP contribution in [0.15, 0.2) is 29.1 Å². The highest BCUT2D eigenvalue weighted by molar-refractivity contribution is 5.90. The summed E-state index contributed by atoms with van der Waals surface area (Å²) in [5.41, 5.74) is 2.22. The van der Waals surface area contributed by atoms with E-state index in [2.05, 4.69) is 11.8 Å². The summed E-state index contributed by atoms with van der Waals surface area (Å²) in [5.74, 6) is -0.0305. The first-order valence-corrected chi connectivity index (χ1v) is 17.0. The highest BCUT2D eigenvalue weighted by Gasteiger charge is 2.45. The Labute approximate surface area is 269 Å². The maximum absolute atomic E-state index is 13.6. The molecule has 10 nitrogen and oxygen atoms in total. The van der Waals surface area contributed by atoms with Gasteiger partial charge in [0.25, 0.3) is 5.56 Å². The maximum Gasteiger partial charge on any atom is 0.513 e. The summed E-state index contributed by atoms with van der Waals surface area (Å²) >= 11 is 0. The van der Waals surface area contributed by atoms with Crippen LogP contribution in [0.1, 0.15) is 94.4 Å². The Morgan fingerprint density at radius 1 is 1.07 bits per heavy atom. The zero-order valence-corrected chi connectivity index (χ0v) is 27.2. The van der Waals surface area contributed by atoms with E-state index in [1.165, 1.54) is 32.1 Å². The van der Waals surface area contributed by atoms with E-state index in [-0.39, 0.29) is 18.6 Å². The lowest BCUT2D eigenvalue weighted by Crippen LogP contribution is -2.44. The van der Waals surface area contributed by atoms with Gasteiger partial charge in [-0.05, 0) is 87.5 Å². The molecule has 10 heteroatoms. The maximum atomic E-state index is 13.6. The molecule has 0 radical (unpaired) electrons. The van der Waals surface area contributed by atoms with Gasteiger partial charge in [0.1, 0.15) is 12.4 Å². The van der Waals surface area contributed by atoms with Crippen molar-refractivity contribution in [2.24, 2.45) is 5.92 Å². The number of unbranched alkanes of at least 4 members (excludes halogenated alkanes) is 4. The molecular formula is C36H45N3O7. The van der Waals surface area contributed by atoms with E-state index in [0.717, 1.165) is 49.0 Å². The Kier molecular flexibility index (Phi) is 9.47. The van der Waals surface area contributed by atoms with Gasteiger partial charge in [0, 0.05) is 16.5 Å². The number of aliphatic hydroxyl groups is 1. The van der Waals surface area contributed by atoms with Crippen LogP contribution in [0.5, 0.6) is 5.75 Å². The first-order chi connectivity index (χ1) is 22.3. The quantitative estimate of drug-likeness (QED) is 0.124. The largest absolute Gasteiger partial charge is 0.513 e. The van der Waals surface area contributed by atoms with Crippen molar-refractivity contribution in [3.8, 4) is 17.1 Å². The third-order valence-corrected chi connectivity index (χ3v) is 10.1. The summed E-state index contributed by atoms with van der Waals surface area (Å²) in [5, 5.41) is 12.0. The number of aromatic nitrogens is 2. The number of hydrogen-bond donors (Lipinski definition) is 1. The predicted octanol–water partition coefficient (Wildman–Crippen LogP) is 5.84. The second kappa shape index (κ2) is 13.5. The van der Waals surface area contributed by atoms with E-state index in [9.17, 15) is 19.5 Å². The van der Waals surface area contributed by atoms with E-state index in [1.807, 2.05) is 6.92 Å². The number of aryl methyl sites for hydroxylation is 1. The molecule has 0 unspecified atom stereocenters. The fraction of sp³-hybridized carbons (Fsp3) is 0.556.